The van der Waals surface area contributed by atoms with Crippen LogP contribution >= 0.6 is 23.1 Å². The molecule has 3 atom stereocenters. The number of hydrogen-bond acceptors (Lipinski definition) is 5. The Balaban J connectivity index is 1.44. The van der Waals surface area contributed by atoms with Gasteiger partial charge in [0.1, 0.15) is 5.01 Å². The molecule has 0 spiro atoms. The number of nitrogens with one attached hydrogen (secondary N) is 1. The van der Waals surface area contributed by atoms with Gasteiger partial charge in [0.2, 0.25) is 5.91 Å². The van der Waals surface area contributed by atoms with Crippen molar-refractivity contribution in [1.82, 2.24) is 15.2 Å². The highest BCUT2D eigenvalue weighted by atomic mass is 32.2. The normalized spacial score (nSPS) is 23.1. The molecule has 1 aromatic heterocycles. The van der Waals surface area contributed by atoms with Gasteiger partial charge in [0.05, 0.1) is 22.0 Å². The van der Waals surface area contributed by atoms with Crippen molar-refractivity contribution in [2.75, 3.05) is 6.54 Å². The standard InChI is InChI=1S/C25H27N3OS2/c1-16(2)28-13-12-18-21(15-28)31-25(27-22(29)14-17-8-4-3-5-9-17)23(18)24-26-19-10-6-7-11-20(19)30-24/h3-11,15-16,18,23,25H,12-14H2,1-2H3,(H,27,29). The summed E-state index contributed by atoms with van der Waals surface area (Å²) < 4.78 is 1.22. The molecule has 0 saturated carbocycles. The van der Waals surface area contributed by atoms with E-state index in [2.05, 4.69) is 48.5 Å². The molecule has 3 heterocycles. The van der Waals surface area contributed by atoms with E-state index < -0.39 is 0 Å². The fourth-order valence-corrected chi connectivity index (χ4v) is 7.35. The topological polar surface area (TPSA) is 45.2 Å². The van der Waals surface area contributed by atoms with E-state index in [1.165, 1.54) is 9.61 Å². The average Bonchev–Trinajstić information content (AvgIpc) is 3.34. The number of carbonyl (C=O) groups excluding carboxylic acids is 1. The summed E-state index contributed by atoms with van der Waals surface area (Å²) in [6.45, 7) is 5.53. The van der Waals surface area contributed by atoms with E-state index in [4.69, 9.17) is 4.98 Å². The second-order valence-electron chi connectivity index (χ2n) is 8.57. The van der Waals surface area contributed by atoms with Gasteiger partial charge in [-0.05, 0) is 38.0 Å². The second kappa shape index (κ2) is 8.67. The number of amides is 1. The summed E-state index contributed by atoms with van der Waals surface area (Å²) in [4.78, 5) is 21.7. The zero-order valence-electron chi connectivity index (χ0n) is 17.8. The van der Waals surface area contributed by atoms with Crippen molar-refractivity contribution in [2.45, 2.75) is 44.0 Å². The molecule has 4 nitrogen and oxygen atoms in total. The molecule has 3 unspecified atom stereocenters. The Morgan fingerprint density at radius 2 is 1.94 bits per heavy atom. The van der Waals surface area contributed by atoms with Crippen molar-refractivity contribution >= 4 is 39.2 Å². The molecule has 1 fully saturated rings. The third-order valence-corrected chi connectivity index (χ3v) is 8.63. The number of thiazole rings is 1. The van der Waals surface area contributed by atoms with Crippen LogP contribution in [-0.4, -0.2) is 33.8 Å². The van der Waals surface area contributed by atoms with E-state index in [1.807, 2.05) is 48.2 Å². The number of thioether (sulfide) groups is 1. The zero-order valence-corrected chi connectivity index (χ0v) is 19.5. The van der Waals surface area contributed by atoms with Crippen LogP contribution in [0.25, 0.3) is 10.2 Å². The van der Waals surface area contributed by atoms with E-state index in [1.54, 1.807) is 11.3 Å². The molecule has 2 aliphatic heterocycles. The summed E-state index contributed by atoms with van der Waals surface area (Å²) in [5, 5.41) is 4.51. The fourth-order valence-electron chi connectivity index (χ4n) is 4.51. The van der Waals surface area contributed by atoms with Gasteiger partial charge in [0.15, 0.2) is 0 Å². The van der Waals surface area contributed by atoms with Gasteiger partial charge in [-0.25, -0.2) is 4.98 Å². The number of hydrogen-bond donors (Lipinski definition) is 1. The number of para-hydroxylation sites is 1. The van der Waals surface area contributed by atoms with Crippen LogP contribution in [0.2, 0.25) is 0 Å². The molecule has 0 radical (unpaired) electrons. The first-order chi connectivity index (χ1) is 15.1. The summed E-state index contributed by atoms with van der Waals surface area (Å²) in [6.07, 6.45) is 3.84. The number of benzene rings is 2. The highest BCUT2D eigenvalue weighted by molar-refractivity contribution is 8.04. The van der Waals surface area contributed by atoms with E-state index in [0.717, 1.165) is 29.1 Å². The summed E-state index contributed by atoms with van der Waals surface area (Å²) in [5.74, 6) is 0.708. The van der Waals surface area contributed by atoms with Crippen molar-refractivity contribution in [3.05, 3.63) is 76.3 Å². The maximum atomic E-state index is 12.9. The highest BCUT2D eigenvalue weighted by Crippen LogP contribution is 2.54. The molecule has 2 aliphatic rings. The van der Waals surface area contributed by atoms with E-state index in [9.17, 15) is 4.79 Å². The predicted molar refractivity (Wildman–Crippen MR) is 130 cm³/mol. The lowest BCUT2D eigenvalue weighted by atomic mass is 9.87. The molecule has 6 heteroatoms. The van der Waals surface area contributed by atoms with Crippen molar-refractivity contribution < 1.29 is 4.79 Å². The number of carbonyl (C=O) groups is 1. The zero-order chi connectivity index (χ0) is 21.4. The summed E-state index contributed by atoms with van der Waals surface area (Å²) in [5.41, 5.74) is 2.10. The molecule has 3 aromatic rings. The van der Waals surface area contributed by atoms with Crippen molar-refractivity contribution in [3.63, 3.8) is 0 Å². The van der Waals surface area contributed by atoms with Crippen LogP contribution < -0.4 is 5.32 Å². The van der Waals surface area contributed by atoms with Gasteiger partial charge in [-0.15, -0.1) is 23.1 Å². The van der Waals surface area contributed by atoms with E-state index in [0.29, 0.717) is 18.4 Å². The Morgan fingerprint density at radius 3 is 2.71 bits per heavy atom. The molecule has 1 amide bonds. The fraction of sp³-hybridized carbons (Fsp3) is 0.360. The van der Waals surface area contributed by atoms with Gasteiger partial charge in [-0.2, -0.15) is 0 Å². The molecule has 0 aliphatic carbocycles. The average molecular weight is 450 g/mol. The predicted octanol–water partition coefficient (Wildman–Crippen LogP) is 5.38. The largest absolute Gasteiger partial charge is 0.374 e. The van der Waals surface area contributed by atoms with E-state index >= 15 is 0 Å². The first kappa shape index (κ1) is 20.6. The van der Waals surface area contributed by atoms with Crippen LogP contribution in [0.1, 0.15) is 36.8 Å². The third-order valence-electron chi connectivity index (χ3n) is 6.15. The summed E-state index contributed by atoms with van der Waals surface area (Å²) in [6, 6.07) is 18.8. The van der Waals surface area contributed by atoms with Crippen LogP contribution in [0.5, 0.6) is 0 Å². The number of allylic oxidation sites excluding steroid dienone is 1. The van der Waals surface area contributed by atoms with Crippen LogP contribution in [0.15, 0.2) is 65.7 Å². The first-order valence-electron chi connectivity index (χ1n) is 10.9. The number of fused-ring (bicyclic) bond motifs is 2. The van der Waals surface area contributed by atoms with Gasteiger partial charge in [0, 0.05) is 35.5 Å². The number of rotatable bonds is 5. The minimum Gasteiger partial charge on any atom is -0.374 e. The molecule has 1 N–H and O–H groups in total. The smallest absolute Gasteiger partial charge is 0.225 e. The molecular weight excluding hydrogens is 422 g/mol. The maximum absolute atomic E-state index is 12.9. The molecule has 0 bridgehead atoms. The molecule has 31 heavy (non-hydrogen) atoms. The highest BCUT2D eigenvalue weighted by Gasteiger charge is 2.45. The SMILES string of the molecule is CC(C)N1C=C2SC(NC(=O)Cc3ccccc3)C(c3nc4ccccc4s3)C2CC1. The monoisotopic (exact) mass is 449 g/mol. The summed E-state index contributed by atoms with van der Waals surface area (Å²) in [7, 11) is 0. The lowest BCUT2D eigenvalue weighted by molar-refractivity contribution is -0.120. The Hall–Kier alpha value is -2.31. The molecule has 160 valence electrons. The quantitative estimate of drug-likeness (QED) is 0.568. The Kier molecular flexibility index (Phi) is 5.76. The Labute approximate surface area is 191 Å². The van der Waals surface area contributed by atoms with Crippen LogP contribution in [-0.2, 0) is 11.2 Å². The van der Waals surface area contributed by atoms with Gasteiger partial charge in [-0.1, -0.05) is 42.5 Å². The molecule has 2 aromatic carbocycles. The van der Waals surface area contributed by atoms with Gasteiger partial charge >= 0.3 is 0 Å². The molecule has 5 rings (SSSR count). The second-order valence-corrected chi connectivity index (χ2v) is 10.8. The maximum Gasteiger partial charge on any atom is 0.225 e. The van der Waals surface area contributed by atoms with Crippen molar-refractivity contribution in [3.8, 4) is 0 Å². The minimum atomic E-state index is 0.0140. The van der Waals surface area contributed by atoms with Gasteiger partial charge in [-0.3, -0.25) is 4.79 Å². The summed E-state index contributed by atoms with van der Waals surface area (Å²) >= 11 is 3.60. The molecule has 1 saturated heterocycles. The lowest BCUT2D eigenvalue weighted by Crippen LogP contribution is -2.38. The lowest BCUT2D eigenvalue weighted by Gasteiger charge is -2.33. The molecular formula is C25H27N3OS2. The minimum absolute atomic E-state index is 0.0140. The Bertz CT molecular complexity index is 1080. The van der Waals surface area contributed by atoms with Crippen LogP contribution in [0.4, 0.5) is 0 Å². The van der Waals surface area contributed by atoms with Gasteiger partial charge in [0.25, 0.3) is 0 Å². The number of aromatic nitrogens is 1. The third kappa shape index (κ3) is 4.23. The Morgan fingerprint density at radius 1 is 1.16 bits per heavy atom. The van der Waals surface area contributed by atoms with Crippen LogP contribution in [0, 0.1) is 5.92 Å². The van der Waals surface area contributed by atoms with Crippen molar-refractivity contribution in [1.29, 1.82) is 0 Å². The first-order valence-corrected chi connectivity index (χ1v) is 12.6. The van der Waals surface area contributed by atoms with Gasteiger partial charge < -0.3 is 10.2 Å². The van der Waals surface area contributed by atoms with Crippen LogP contribution in [0.3, 0.4) is 0 Å². The van der Waals surface area contributed by atoms with Crippen molar-refractivity contribution in [2.24, 2.45) is 5.92 Å². The number of nitrogens with zero attached hydrogens (tertiary/aromatic N) is 2. The van der Waals surface area contributed by atoms with E-state index in [-0.39, 0.29) is 17.2 Å².